The lowest BCUT2D eigenvalue weighted by molar-refractivity contribution is 0.0752. The van der Waals surface area contributed by atoms with Crippen LogP contribution in [0.25, 0.3) is 0 Å². The van der Waals surface area contributed by atoms with E-state index in [4.69, 9.17) is 16.3 Å². The van der Waals surface area contributed by atoms with Crippen molar-refractivity contribution >= 4 is 11.6 Å². The van der Waals surface area contributed by atoms with E-state index < -0.39 is 0 Å². The Morgan fingerprint density at radius 1 is 1.06 bits per heavy atom. The summed E-state index contributed by atoms with van der Waals surface area (Å²) in [7, 11) is 0. The zero-order chi connectivity index (χ0) is 11.7. The van der Waals surface area contributed by atoms with Gasteiger partial charge in [0.15, 0.2) is 0 Å². The van der Waals surface area contributed by atoms with Crippen molar-refractivity contribution in [3.8, 4) is 0 Å². The van der Waals surface area contributed by atoms with Crippen molar-refractivity contribution in [2.45, 2.75) is 37.8 Å². The Bertz CT molecular complexity index is 401. The van der Waals surface area contributed by atoms with Gasteiger partial charge >= 0.3 is 0 Å². The van der Waals surface area contributed by atoms with Gasteiger partial charge in [0.25, 0.3) is 0 Å². The summed E-state index contributed by atoms with van der Waals surface area (Å²) in [5, 5.41) is 4.62. The van der Waals surface area contributed by atoms with Crippen LogP contribution in [0.1, 0.15) is 24.0 Å². The zero-order valence-electron chi connectivity index (χ0n) is 9.92. The van der Waals surface area contributed by atoms with Crippen molar-refractivity contribution in [1.82, 2.24) is 5.32 Å². The van der Waals surface area contributed by atoms with E-state index in [1.807, 2.05) is 6.07 Å². The molecule has 1 aromatic carbocycles. The summed E-state index contributed by atoms with van der Waals surface area (Å²) in [6.45, 7) is 1.81. The van der Waals surface area contributed by atoms with E-state index >= 15 is 0 Å². The molecule has 2 nitrogen and oxygen atoms in total. The second-order valence-corrected chi connectivity index (χ2v) is 5.51. The fourth-order valence-electron chi connectivity index (χ4n) is 2.90. The molecule has 1 unspecified atom stereocenters. The van der Waals surface area contributed by atoms with Gasteiger partial charge < -0.3 is 10.1 Å². The molecule has 92 valence electrons. The molecule has 1 atom stereocenters. The molecule has 1 aliphatic carbocycles. The van der Waals surface area contributed by atoms with Crippen molar-refractivity contribution in [1.29, 1.82) is 0 Å². The maximum absolute atomic E-state index is 6.03. The van der Waals surface area contributed by atoms with E-state index in [1.54, 1.807) is 0 Å². The summed E-state index contributed by atoms with van der Waals surface area (Å²) in [5.41, 5.74) is 2.88. The summed E-state index contributed by atoms with van der Waals surface area (Å²) < 4.78 is 5.38. The molecule has 1 aromatic rings. The molecule has 1 N–H and O–H groups in total. The van der Waals surface area contributed by atoms with E-state index in [9.17, 15) is 0 Å². The molecule has 0 saturated carbocycles. The van der Waals surface area contributed by atoms with Gasteiger partial charge in [0.1, 0.15) is 0 Å². The molecule has 3 heteroatoms. The number of halogens is 1. The SMILES string of the molecule is Clc1ccc2c(c1)CC(NC1CCOCC1)C2. The predicted octanol–water partition coefficient (Wildman–Crippen LogP) is 2.58. The van der Waals surface area contributed by atoms with Gasteiger partial charge in [-0.25, -0.2) is 0 Å². The van der Waals surface area contributed by atoms with E-state index in [2.05, 4.69) is 17.4 Å². The van der Waals surface area contributed by atoms with Gasteiger partial charge in [0.05, 0.1) is 0 Å². The van der Waals surface area contributed by atoms with Gasteiger partial charge in [-0.1, -0.05) is 17.7 Å². The fourth-order valence-corrected chi connectivity index (χ4v) is 3.10. The van der Waals surface area contributed by atoms with E-state index in [-0.39, 0.29) is 0 Å². The summed E-state index contributed by atoms with van der Waals surface area (Å²) in [6, 6.07) is 7.51. The molecule has 0 aromatic heterocycles. The van der Waals surface area contributed by atoms with Crippen LogP contribution in [0, 0.1) is 0 Å². The van der Waals surface area contributed by atoms with Crippen LogP contribution in [0.3, 0.4) is 0 Å². The number of nitrogens with one attached hydrogen (secondary N) is 1. The topological polar surface area (TPSA) is 21.3 Å². The highest BCUT2D eigenvalue weighted by atomic mass is 35.5. The summed E-state index contributed by atoms with van der Waals surface area (Å²) in [4.78, 5) is 0. The first-order valence-electron chi connectivity index (χ1n) is 6.42. The first-order chi connectivity index (χ1) is 8.31. The van der Waals surface area contributed by atoms with Crippen LogP contribution in [-0.4, -0.2) is 25.3 Å². The lowest BCUT2D eigenvalue weighted by atomic mass is 10.1. The first-order valence-corrected chi connectivity index (χ1v) is 6.80. The van der Waals surface area contributed by atoms with E-state index in [0.717, 1.165) is 43.9 Å². The Morgan fingerprint density at radius 2 is 1.82 bits per heavy atom. The lowest BCUT2D eigenvalue weighted by Crippen LogP contribution is -2.42. The molecular weight excluding hydrogens is 234 g/mol. The largest absolute Gasteiger partial charge is 0.381 e. The molecule has 0 radical (unpaired) electrons. The van der Waals surface area contributed by atoms with Gasteiger partial charge in [-0.2, -0.15) is 0 Å². The van der Waals surface area contributed by atoms with Crippen LogP contribution in [-0.2, 0) is 17.6 Å². The molecule has 3 rings (SSSR count). The normalized spacial score (nSPS) is 24.9. The van der Waals surface area contributed by atoms with Gasteiger partial charge in [0.2, 0.25) is 0 Å². The smallest absolute Gasteiger partial charge is 0.0480 e. The van der Waals surface area contributed by atoms with Crippen molar-refractivity contribution in [2.24, 2.45) is 0 Å². The van der Waals surface area contributed by atoms with Gasteiger partial charge in [-0.05, 0) is 48.9 Å². The minimum absolute atomic E-state index is 0.589. The van der Waals surface area contributed by atoms with Crippen molar-refractivity contribution < 1.29 is 4.74 Å². The zero-order valence-corrected chi connectivity index (χ0v) is 10.7. The van der Waals surface area contributed by atoms with Gasteiger partial charge in [-0.15, -0.1) is 0 Å². The molecule has 17 heavy (non-hydrogen) atoms. The highest BCUT2D eigenvalue weighted by Crippen LogP contribution is 2.26. The predicted molar refractivity (Wildman–Crippen MR) is 69.6 cm³/mol. The minimum Gasteiger partial charge on any atom is -0.381 e. The Balaban J connectivity index is 1.61. The van der Waals surface area contributed by atoms with Gasteiger partial charge in [0, 0.05) is 30.3 Å². The molecule has 2 aliphatic rings. The molecule has 0 spiro atoms. The first kappa shape index (κ1) is 11.5. The average molecular weight is 252 g/mol. The fraction of sp³-hybridized carbons (Fsp3) is 0.571. The van der Waals surface area contributed by atoms with Crippen LogP contribution < -0.4 is 5.32 Å². The number of rotatable bonds is 2. The molecule has 1 heterocycles. The van der Waals surface area contributed by atoms with E-state index in [0.29, 0.717) is 12.1 Å². The Kier molecular flexibility index (Phi) is 3.37. The number of hydrogen-bond acceptors (Lipinski definition) is 2. The Morgan fingerprint density at radius 3 is 2.65 bits per heavy atom. The molecule has 0 bridgehead atoms. The van der Waals surface area contributed by atoms with Gasteiger partial charge in [-0.3, -0.25) is 0 Å². The number of ether oxygens (including phenoxy) is 1. The molecule has 1 aliphatic heterocycles. The monoisotopic (exact) mass is 251 g/mol. The standard InChI is InChI=1S/C14H18ClNO/c15-12-2-1-10-8-14(9-11(10)7-12)16-13-3-5-17-6-4-13/h1-2,7,13-14,16H,3-6,8-9H2. The van der Waals surface area contributed by atoms with Crippen LogP contribution in [0.2, 0.25) is 5.02 Å². The van der Waals surface area contributed by atoms with Crippen LogP contribution in [0.5, 0.6) is 0 Å². The maximum atomic E-state index is 6.03. The number of hydrogen-bond donors (Lipinski definition) is 1. The van der Waals surface area contributed by atoms with Crippen molar-refractivity contribution in [3.63, 3.8) is 0 Å². The van der Waals surface area contributed by atoms with Crippen molar-refractivity contribution in [3.05, 3.63) is 34.3 Å². The highest BCUT2D eigenvalue weighted by molar-refractivity contribution is 6.30. The second-order valence-electron chi connectivity index (χ2n) is 5.07. The van der Waals surface area contributed by atoms with Crippen molar-refractivity contribution in [2.75, 3.05) is 13.2 Å². The summed E-state index contributed by atoms with van der Waals surface area (Å²) in [5.74, 6) is 0. The maximum Gasteiger partial charge on any atom is 0.0480 e. The third-order valence-electron chi connectivity index (χ3n) is 3.79. The summed E-state index contributed by atoms with van der Waals surface area (Å²) in [6.07, 6.45) is 4.55. The summed E-state index contributed by atoms with van der Waals surface area (Å²) >= 11 is 6.03. The highest BCUT2D eigenvalue weighted by Gasteiger charge is 2.24. The van der Waals surface area contributed by atoms with Crippen LogP contribution in [0.15, 0.2) is 18.2 Å². The molecule has 0 amide bonds. The van der Waals surface area contributed by atoms with Crippen LogP contribution in [0.4, 0.5) is 0 Å². The number of benzene rings is 1. The number of fused-ring (bicyclic) bond motifs is 1. The molecule has 1 saturated heterocycles. The average Bonchev–Trinajstić information content (AvgIpc) is 2.71. The minimum atomic E-state index is 0.589. The third kappa shape index (κ3) is 2.65. The Hall–Kier alpha value is -0.570. The molecule has 1 fully saturated rings. The van der Waals surface area contributed by atoms with Crippen LogP contribution >= 0.6 is 11.6 Å². The quantitative estimate of drug-likeness (QED) is 0.873. The third-order valence-corrected chi connectivity index (χ3v) is 4.03. The van der Waals surface area contributed by atoms with E-state index in [1.165, 1.54) is 11.1 Å². The lowest BCUT2D eigenvalue weighted by Gasteiger charge is -2.26. The molecular formula is C14H18ClNO. The Labute approximate surface area is 107 Å². The second kappa shape index (κ2) is 4.97.